The minimum atomic E-state index is -1.25. The van der Waals surface area contributed by atoms with E-state index >= 15 is 0 Å². The molecule has 0 amide bonds. The predicted molar refractivity (Wildman–Crippen MR) is 136 cm³/mol. The molecule has 2 N–H and O–H groups in total. The second-order valence-electron chi connectivity index (χ2n) is 8.16. The second-order valence-corrected chi connectivity index (χ2v) is 16.4. The van der Waals surface area contributed by atoms with Gasteiger partial charge < -0.3 is 0 Å². The SMILES string of the molecule is C=C1CC(C2CI(c3ncccn3)C[C@H]2C)=IC(N(N)C2CCCC2)=C1CC. The van der Waals surface area contributed by atoms with E-state index < -0.39 is 19.8 Å². The Morgan fingerprint density at radius 3 is 2.64 bits per heavy atom. The van der Waals surface area contributed by atoms with Gasteiger partial charge in [0.25, 0.3) is 0 Å². The van der Waals surface area contributed by atoms with Gasteiger partial charge in [-0.2, -0.15) is 0 Å². The van der Waals surface area contributed by atoms with E-state index in [9.17, 15) is 0 Å². The summed E-state index contributed by atoms with van der Waals surface area (Å²) < 4.78 is 7.15. The summed E-state index contributed by atoms with van der Waals surface area (Å²) >= 11 is -1.41. The molecule has 6 heteroatoms. The van der Waals surface area contributed by atoms with Gasteiger partial charge in [-0.1, -0.05) is 0 Å². The van der Waals surface area contributed by atoms with E-state index in [1.165, 1.54) is 53.2 Å². The fraction of sp³-hybridized carbons (Fsp3) is 0.591. The molecule has 154 valence electrons. The molecular formula is C22H32I2N4. The van der Waals surface area contributed by atoms with Crippen molar-refractivity contribution >= 4 is 44.1 Å². The Morgan fingerprint density at radius 1 is 1.25 bits per heavy atom. The zero-order valence-electron chi connectivity index (χ0n) is 17.0. The number of nitrogens with two attached hydrogens (primary N) is 1. The fourth-order valence-electron chi connectivity index (χ4n) is 4.57. The van der Waals surface area contributed by atoms with Crippen LogP contribution in [-0.2, 0) is 0 Å². The number of alkyl halides is 2. The van der Waals surface area contributed by atoms with Crippen LogP contribution in [0.3, 0.4) is 0 Å². The molecule has 1 aliphatic carbocycles. The predicted octanol–water partition coefficient (Wildman–Crippen LogP) is 5.26. The summed E-state index contributed by atoms with van der Waals surface area (Å²) in [6, 6.07) is 2.48. The maximum atomic E-state index is 6.73. The Balaban J connectivity index is 1.60. The molecule has 0 spiro atoms. The van der Waals surface area contributed by atoms with E-state index in [1.807, 2.05) is 18.5 Å². The molecule has 0 aromatic carbocycles. The van der Waals surface area contributed by atoms with E-state index in [0.29, 0.717) is 6.04 Å². The van der Waals surface area contributed by atoms with E-state index in [0.717, 1.165) is 24.7 Å². The first kappa shape index (κ1) is 20.9. The van der Waals surface area contributed by atoms with Crippen LogP contribution in [0.2, 0.25) is 0 Å². The summed E-state index contributed by atoms with van der Waals surface area (Å²) in [6.07, 6.45) is 11.2. The third kappa shape index (κ3) is 4.24. The third-order valence-electron chi connectivity index (χ3n) is 6.21. The van der Waals surface area contributed by atoms with Crippen LogP contribution >= 0.6 is 40.6 Å². The van der Waals surface area contributed by atoms with Gasteiger partial charge in [0, 0.05) is 0 Å². The number of hydrazine groups is 1. The monoisotopic (exact) mass is 606 g/mol. The van der Waals surface area contributed by atoms with Gasteiger partial charge in [-0.3, -0.25) is 0 Å². The van der Waals surface area contributed by atoms with Gasteiger partial charge in [0.2, 0.25) is 0 Å². The van der Waals surface area contributed by atoms with Crippen molar-refractivity contribution in [2.45, 2.75) is 58.4 Å². The molecule has 0 radical (unpaired) electrons. The van der Waals surface area contributed by atoms with Crippen molar-refractivity contribution in [1.82, 2.24) is 15.0 Å². The number of aromatic nitrogens is 2. The molecule has 1 aromatic rings. The molecule has 1 saturated carbocycles. The average Bonchev–Trinajstić information content (AvgIpc) is 3.37. The van der Waals surface area contributed by atoms with Gasteiger partial charge >= 0.3 is 188 Å². The van der Waals surface area contributed by atoms with Crippen LogP contribution in [0.15, 0.2) is 39.9 Å². The van der Waals surface area contributed by atoms with Crippen molar-refractivity contribution in [1.29, 1.82) is 0 Å². The molecule has 3 aliphatic rings. The van der Waals surface area contributed by atoms with Crippen LogP contribution in [0.5, 0.6) is 0 Å². The summed E-state index contributed by atoms with van der Waals surface area (Å²) in [5, 5.41) is 2.19. The number of nitrogens with zero attached hydrogens (tertiary/aromatic N) is 3. The van der Waals surface area contributed by atoms with Crippen molar-refractivity contribution in [3.63, 3.8) is 0 Å². The van der Waals surface area contributed by atoms with Crippen molar-refractivity contribution in [2.24, 2.45) is 17.7 Å². The van der Waals surface area contributed by atoms with Gasteiger partial charge in [0.05, 0.1) is 0 Å². The molecule has 3 heterocycles. The van der Waals surface area contributed by atoms with Gasteiger partial charge in [-0.25, -0.2) is 0 Å². The Bertz CT molecular complexity index is 783. The molecule has 4 rings (SSSR count). The van der Waals surface area contributed by atoms with E-state index in [2.05, 4.69) is 35.4 Å². The molecule has 2 atom stereocenters. The summed E-state index contributed by atoms with van der Waals surface area (Å²) in [7, 11) is 0. The average molecular weight is 606 g/mol. The zero-order valence-corrected chi connectivity index (χ0v) is 21.3. The topological polar surface area (TPSA) is 55.0 Å². The first-order valence-electron chi connectivity index (χ1n) is 10.4. The molecule has 28 heavy (non-hydrogen) atoms. The van der Waals surface area contributed by atoms with Crippen molar-refractivity contribution in [3.05, 3.63) is 43.7 Å². The Labute approximate surface area is 186 Å². The number of hydrogen-bond acceptors (Lipinski definition) is 4. The van der Waals surface area contributed by atoms with Crippen LogP contribution in [0.1, 0.15) is 52.4 Å². The second kappa shape index (κ2) is 9.20. The Morgan fingerprint density at radius 2 is 1.96 bits per heavy atom. The van der Waals surface area contributed by atoms with E-state index in [1.54, 1.807) is 3.51 Å². The number of hydrogen-bond donors (Lipinski definition) is 1. The van der Waals surface area contributed by atoms with Gasteiger partial charge in [-0.05, 0) is 0 Å². The van der Waals surface area contributed by atoms with Crippen LogP contribution in [0.4, 0.5) is 0 Å². The van der Waals surface area contributed by atoms with Crippen molar-refractivity contribution in [2.75, 3.05) is 8.86 Å². The summed E-state index contributed by atoms with van der Waals surface area (Å²) in [4.78, 5) is 9.23. The fourth-order valence-corrected chi connectivity index (χ4v) is 16.8. The Kier molecular flexibility index (Phi) is 6.87. The molecule has 1 saturated heterocycles. The van der Waals surface area contributed by atoms with E-state index in [-0.39, 0.29) is 20.7 Å². The number of halogens is 2. The van der Waals surface area contributed by atoms with Gasteiger partial charge in [-0.15, -0.1) is 0 Å². The molecule has 4 nitrogen and oxygen atoms in total. The summed E-state index contributed by atoms with van der Waals surface area (Å²) in [6.45, 7) is 9.22. The zero-order chi connectivity index (χ0) is 19.7. The first-order valence-corrected chi connectivity index (χ1v) is 16.7. The number of allylic oxidation sites excluding steroid dienone is 2. The van der Waals surface area contributed by atoms with Gasteiger partial charge in [0.1, 0.15) is 0 Å². The van der Waals surface area contributed by atoms with Crippen LogP contribution in [-0.4, -0.2) is 33.4 Å². The third-order valence-corrected chi connectivity index (χ3v) is 16.2. The quantitative estimate of drug-likeness (QED) is 0.124. The normalized spacial score (nSPS) is 27.8. The van der Waals surface area contributed by atoms with Crippen LogP contribution in [0, 0.1) is 15.7 Å². The van der Waals surface area contributed by atoms with Crippen molar-refractivity contribution in [3.8, 4) is 0 Å². The standard InChI is InChI=1S/C22H32I2N4/c1-4-18-15(2)12-20(23-21(18)28(25)17-8-5-6-9-17)19-14-24(13-16(19)3)22-26-10-7-11-27-22/h7,10-11,16-17,19H,2,4-6,8-9,12-14,25H2,1,3H3/t16-,19?/m1/s1. The molecule has 2 aliphatic heterocycles. The number of rotatable bonds is 5. The molecule has 0 bridgehead atoms. The maximum absolute atomic E-state index is 6.73. The first-order chi connectivity index (χ1) is 13.6. The summed E-state index contributed by atoms with van der Waals surface area (Å²) in [5.74, 6) is 8.24. The molecule has 2 fully saturated rings. The Hall–Kier alpha value is -0.350. The molecule has 1 aromatic heterocycles. The molecular weight excluding hydrogens is 574 g/mol. The van der Waals surface area contributed by atoms with E-state index in [4.69, 9.17) is 5.84 Å². The van der Waals surface area contributed by atoms with Crippen molar-refractivity contribution < 1.29 is 0 Å². The van der Waals surface area contributed by atoms with Crippen LogP contribution < -0.4 is 5.84 Å². The van der Waals surface area contributed by atoms with Gasteiger partial charge in [0.15, 0.2) is 0 Å². The minimum absolute atomic E-state index is 0.158. The molecule has 1 unspecified atom stereocenters. The van der Waals surface area contributed by atoms with Crippen LogP contribution in [0.25, 0.3) is 0 Å². The summed E-state index contributed by atoms with van der Waals surface area (Å²) in [5.41, 5.74) is 2.81.